The number of rotatable bonds is 3. The second-order valence-electron chi connectivity index (χ2n) is 6.01. The molecule has 0 saturated carbocycles. The Hall–Kier alpha value is -2.29. The van der Waals surface area contributed by atoms with Crippen molar-refractivity contribution in [1.82, 2.24) is 0 Å². The molecule has 1 heterocycles. The number of halogens is 2. The Morgan fingerprint density at radius 1 is 0.760 bits per heavy atom. The molecule has 2 nitrogen and oxygen atoms in total. The van der Waals surface area contributed by atoms with Gasteiger partial charge in [-0.05, 0) is 47.5 Å². The summed E-state index contributed by atoms with van der Waals surface area (Å²) < 4.78 is 0. The zero-order chi connectivity index (χ0) is 17.2. The first-order valence-electron chi connectivity index (χ1n) is 8.14. The lowest BCUT2D eigenvalue weighted by Crippen LogP contribution is -2.18. The number of hydrogen-bond donors (Lipinski definition) is 0. The fourth-order valence-corrected chi connectivity index (χ4v) is 3.34. The van der Waals surface area contributed by atoms with E-state index in [1.54, 1.807) is 0 Å². The molecule has 1 aliphatic heterocycles. The molecule has 3 aromatic rings. The van der Waals surface area contributed by atoms with E-state index < -0.39 is 0 Å². The van der Waals surface area contributed by atoms with Crippen molar-refractivity contribution in [2.75, 3.05) is 5.01 Å². The third-order valence-corrected chi connectivity index (χ3v) is 4.87. The molecular formula is C21H16Cl2N2. The van der Waals surface area contributed by atoms with Crippen LogP contribution in [0.15, 0.2) is 84.0 Å². The highest BCUT2D eigenvalue weighted by molar-refractivity contribution is 6.30. The van der Waals surface area contributed by atoms with Gasteiger partial charge < -0.3 is 0 Å². The molecule has 4 rings (SSSR count). The second kappa shape index (κ2) is 6.91. The molecule has 0 aliphatic carbocycles. The van der Waals surface area contributed by atoms with E-state index in [4.69, 9.17) is 28.3 Å². The summed E-state index contributed by atoms with van der Waals surface area (Å²) in [5, 5.41) is 8.44. The SMILES string of the molecule is Clc1ccc(C2CC(c3ccccc3)=NN2c2ccc(Cl)cc2)cc1. The predicted octanol–water partition coefficient (Wildman–Crippen LogP) is 6.35. The van der Waals surface area contributed by atoms with Gasteiger partial charge in [0.1, 0.15) is 0 Å². The highest BCUT2D eigenvalue weighted by Crippen LogP contribution is 2.37. The number of nitrogens with zero attached hydrogens (tertiary/aromatic N) is 2. The lowest BCUT2D eigenvalue weighted by Gasteiger charge is -2.24. The van der Waals surface area contributed by atoms with Crippen molar-refractivity contribution in [2.45, 2.75) is 12.5 Å². The molecule has 0 spiro atoms. The molecular weight excluding hydrogens is 351 g/mol. The molecule has 1 unspecified atom stereocenters. The van der Waals surface area contributed by atoms with E-state index >= 15 is 0 Å². The van der Waals surface area contributed by atoms with Gasteiger partial charge in [-0.2, -0.15) is 5.10 Å². The molecule has 4 heteroatoms. The van der Waals surface area contributed by atoms with Crippen LogP contribution < -0.4 is 5.01 Å². The van der Waals surface area contributed by atoms with Gasteiger partial charge in [-0.1, -0.05) is 65.7 Å². The average molecular weight is 367 g/mol. The van der Waals surface area contributed by atoms with Crippen molar-refractivity contribution in [3.63, 3.8) is 0 Å². The van der Waals surface area contributed by atoms with E-state index in [1.807, 2.05) is 54.6 Å². The highest BCUT2D eigenvalue weighted by atomic mass is 35.5. The molecule has 0 fully saturated rings. The standard InChI is InChI=1S/C21H16Cl2N2/c22-17-8-6-16(7-9-17)21-14-20(15-4-2-1-3-5-15)24-25(21)19-12-10-18(23)11-13-19/h1-13,21H,14H2. The van der Waals surface area contributed by atoms with Crippen molar-refractivity contribution < 1.29 is 0 Å². The van der Waals surface area contributed by atoms with Gasteiger partial charge in [0, 0.05) is 16.5 Å². The van der Waals surface area contributed by atoms with Gasteiger partial charge in [-0.15, -0.1) is 0 Å². The topological polar surface area (TPSA) is 15.6 Å². The summed E-state index contributed by atoms with van der Waals surface area (Å²) in [7, 11) is 0. The number of hydrazone groups is 1. The van der Waals surface area contributed by atoms with Gasteiger partial charge in [0.25, 0.3) is 0 Å². The van der Waals surface area contributed by atoms with Crippen LogP contribution in [0.2, 0.25) is 10.0 Å². The summed E-state index contributed by atoms with van der Waals surface area (Å²) >= 11 is 12.1. The van der Waals surface area contributed by atoms with Crippen molar-refractivity contribution in [2.24, 2.45) is 5.10 Å². The predicted molar refractivity (Wildman–Crippen MR) is 106 cm³/mol. The number of anilines is 1. The van der Waals surface area contributed by atoms with Gasteiger partial charge in [0.15, 0.2) is 0 Å². The minimum Gasteiger partial charge on any atom is -0.257 e. The Morgan fingerprint density at radius 3 is 2.00 bits per heavy atom. The van der Waals surface area contributed by atoms with Crippen LogP contribution in [0.5, 0.6) is 0 Å². The maximum Gasteiger partial charge on any atom is 0.0831 e. The maximum atomic E-state index is 6.06. The number of hydrogen-bond acceptors (Lipinski definition) is 2. The largest absolute Gasteiger partial charge is 0.257 e. The van der Waals surface area contributed by atoms with Gasteiger partial charge >= 0.3 is 0 Å². The molecule has 0 amide bonds. The Kier molecular flexibility index (Phi) is 4.48. The summed E-state index contributed by atoms with van der Waals surface area (Å²) in [5.74, 6) is 0. The first-order chi connectivity index (χ1) is 12.2. The van der Waals surface area contributed by atoms with Gasteiger partial charge in [0.2, 0.25) is 0 Å². The Bertz CT molecular complexity index is 887. The first-order valence-corrected chi connectivity index (χ1v) is 8.89. The van der Waals surface area contributed by atoms with Crippen LogP contribution in [-0.4, -0.2) is 5.71 Å². The van der Waals surface area contributed by atoms with Crippen LogP contribution in [0.1, 0.15) is 23.6 Å². The van der Waals surface area contributed by atoms with E-state index in [0.29, 0.717) is 0 Å². The normalized spacial score (nSPS) is 16.8. The Morgan fingerprint density at radius 2 is 1.36 bits per heavy atom. The molecule has 1 atom stereocenters. The summed E-state index contributed by atoms with van der Waals surface area (Å²) in [4.78, 5) is 0. The van der Waals surface area contributed by atoms with E-state index in [2.05, 4.69) is 29.3 Å². The van der Waals surface area contributed by atoms with E-state index in [-0.39, 0.29) is 6.04 Å². The quantitative estimate of drug-likeness (QED) is 0.527. The third-order valence-electron chi connectivity index (χ3n) is 4.36. The van der Waals surface area contributed by atoms with Crippen molar-refractivity contribution >= 4 is 34.6 Å². The van der Waals surface area contributed by atoms with E-state index in [1.165, 1.54) is 5.56 Å². The van der Waals surface area contributed by atoms with E-state index in [9.17, 15) is 0 Å². The minimum absolute atomic E-state index is 0.133. The highest BCUT2D eigenvalue weighted by Gasteiger charge is 2.29. The van der Waals surface area contributed by atoms with Crippen LogP contribution in [0.3, 0.4) is 0 Å². The second-order valence-corrected chi connectivity index (χ2v) is 6.88. The third kappa shape index (κ3) is 3.41. The lowest BCUT2D eigenvalue weighted by molar-refractivity contribution is 0.709. The van der Waals surface area contributed by atoms with Crippen LogP contribution >= 0.6 is 23.2 Å². The molecule has 0 bridgehead atoms. The summed E-state index contributed by atoms with van der Waals surface area (Å²) in [6, 6.07) is 26.2. The van der Waals surface area contributed by atoms with Crippen LogP contribution in [0, 0.1) is 0 Å². The molecule has 0 radical (unpaired) electrons. The average Bonchev–Trinajstić information content (AvgIpc) is 3.09. The smallest absolute Gasteiger partial charge is 0.0831 e. The molecule has 3 aromatic carbocycles. The van der Waals surface area contributed by atoms with Crippen molar-refractivity contribution in [3.05, 3.63) is 100 Å². The summed E-state index contributed by atoms with van der Waals surface area (Å²) in [5.41, 5.74) is 4.44. The molecule has 124 valence electrons. The summed E-state index contributed by atoms with van der Waals surface area (Å²) in [6.07, 6.45) is 0.842. The van der Waals surface area contributed by atoms with Crippen LogP contribution in [-0.2, 0) is 0 Å². The molecule has 25 heavy (non-hydrogen) atoms. The minimum atomic E-state index is 0.133. The van der Waals surface area contributed by atoms with Gasteiger partial charge in [-0.3, -0.25) is 5.01 Å². The van der Waals surface area contributed by atoms with Gasteiger partial charge in [0.05, 0.1) is 17.4 Å². The van der Waals surface area contributed by atoms with Crippen LogP contribution in [0.4, 0.5) is 5.69 Å². The van der Waals surface area contributed by atoms with Crippen molar-refractivity contribution in [3.8, 4) is 0 Å². The zero-order valence-corrected chi connectivity index (χ0v) is 15.0. The lowest BCUT2D eigenvalue weighted by atomic mass is 9.98. The fraction of sp³-hybridized carbons (Fsp3) is 0.0952. The molecule has 0 saturated heterocycles. The van der Waals surface area contributed by atoms with E-state index in [0.717, 1.165) is 33.4 Å². The van der Waals surface area contributed by atoms with Gasteiger partial charge in [-0.25, -0.2) is 0 Å². The van der Waals surface area contributed by atoms with Crippen molar-refractivity contribution in [1.29, 1.82) is 0 Å². The summed E-state index contributed by atoms with van der Waals surface area (Å²) in [6.45, 7) is 0. The maximum absolute atomic E-state index is 6.06. The first kappa shape index (κ1) is 16.2. The molecule has 1 aliphatic rings. The Balaban J connectivity index is 1.74. The molecule has 0 N–H and O–H groups in total. The Labute approximate surface area is 157 Å². The zero-order valence-electron chi connectivity index (χ0n) is 13.4. The van der Waals surface area contributed by atoms with Crippen LogP contribution in [0.25, 0.3) is 0 Å². The fourth-order valence-electron chi connectivity index (χ4n) is 3.09. The molecule has 0 aromatic heterocycles. The number of benzene rings is 3. The monoisotopic (exact) mass is 366 g/mol.